The van der Waals surface area contributed by atoms with Gasteiger partial charge in [-0.2, -0.15) is 0 Å². The Bertz CT molecular complexity index is 728. The Morgan fingerprint density at radius 2 is 2.16 bits per heavy atom. The van der Waals surface area contributed by atoms with Crippen LogP contribution in [-0.2, 0) is 0 Å². The van der Waals surface area contributed by atoms with E-state index >= 15 is 0 Å². The second-order valence-corrected chi connectivity index (χ2v) is 5.88. The van der Waals surface area contributed by atoms with E-state index in [1.807, 2.05) is 13.8 Å². The van der Waals surface area contributed by atoms with Crippen LogP contribution in [0, 0.1) is 13.8 Å². The Morgan fingerprint density at radius 1 is 1.47 bits per heavy atom. The summed E-state index contributed by atoms with van der Waals surface area (Å²) in [4.78, 5) is 31.7. The molecule has 7 heteroatoms. The largest absolute Gasteiger partial charge is 0.389 e. The fourth-order valence-electron chi connectivity index (χ4n) is 2.11. The number of aliphatic hydroxyl groups excluding tert-OH is 1. The van der Waals surface area contributed by atoms with Crippen LogP contribution in [-0.4, -0.2) is 44.5 Å². The number of β-amino-alcohol motifs (C(OH)–C–C–N with tert-alkyl or cyclic N) is 1. The van der Waals surface area contributed by atoms with Gasteiger partial charge in [0.25, 0.3) is 11.5 Å². The monoisotopic (exact) mass is 279 g/mol. The Hall–Kier alpha value is -1.73. The highest BCUT2D eigenvalue weighted by atomic mass is 32.1. The number of aliphatic hydroxyl groups is 1. The summed E-state index contributed by atoms with van der Waals surface area (Å²) in [6, 6.07) is 0. The van der Waals surface area contributed by atoms with E-state index in [2.05, 4.69) is 4.98 Å². The number of hydrogen-bond acceptors (Lipinski definition) is 5. The summed E-state index contributed by atoms with van der Waals surface area (Å²) in [5, 5.41) is 9.21. The summed E-state index contributed by atoms with van der Waals surface area (Å²) in [5.74, 6) is -0.361. The Kier molecular flexibility index (Phi) is 2.68. The molecule has 19 heavy (non-hydrogen) atoms. The van der Waals surface area contributed by atoms with Gasteiger partial charge in [0.05, 0.1) is 6.10 Å². The molecule has 1 amide bonds. The zero-order valence-corrected chi connectivity index (χ0v) is 11.4. The lowest BCUT2D eigenvalue weighted by Gasteiger charge is -2.35. The van der Waals surface area contributed by atoms with Crippen LogP contribution >= 0.6 is 11.3 Å². The minimum Gasteiger partial charge on any atom is -0.389 e. The van der Waals surface area contributed by atoms with E-state index in [0.717, 1.165) is 10.6 Å². The summed E-state index contributed by atoms with van der Waals surface area (Å²) < 4.78 is 1.48. The van der Waals surface area contributed by atoms with Crippen molar-refractivity contribution in [1.82, 2.24) is 14.3 Å². The molecule has 100 valence electrons. The number of aryl methyl sites for hydroxylation is 2. The van der Waals surface area contributed by atoms with Gasteiger partial charge in [-0.05, 0) is 13.8 Å². The van der Waals surface area contributed by atoms with Crippen molar-refractivity contribution in [2.24, 2.45) is 0 Å². The number of carbonyl (C=O) groups is 1. The SMILES string of the molecule is Cc1sc2ncc(C(=O)N3CC(O)C3)c(=O)n2c1C. The van der Waals surface area contributed by atoms with Gasteiger partial charge in [-0.25, -0.2) is 4.98 Å². The van der Waals surface area contributed by atoms with Gasteiger partial charge in [0, 0.05) is 29.9 Å². The second kappa shape index (κ2) is 4.14. The van der Waals surface area contributed by atoms with Gasteiger partial charge in [-0.3, -0.25) is 14.0 Å². The average Bonchev–Trinajstić information content (AvgIpc) is 2.62. The van der Waals surface area contributed by atoms with Crippen LogP contribution in [0.4, 0.5) is 0 Å². The van der Waals surface area contributed by atoms with Crippen molar-refractivity contribution >= 4 is 22.2 Å². The van der Waals surface area contributed by atoms with E-state index < -0.39 is 6.10 Å². The van der Waals surface area contributed by atoms with Crippen LogP contribution in [0.25, 0.3) is 4.96 Å². The Balaban J connectivity index is 2.10. The first-order valence-electron chi connectivity index (χ1n) is 5.94. The number of fused-ring (bicyclic) bond motifs is 1. The molecule has 1 fully saturated rings. The summed E-state index contributed by atoms with van der Waals surface area (Å²) in [5.41, 5.74) is 0.541. The lowest BCUT2D eigenvalue weighted by molar-refractivity contribution is 0.00573. The van der Waals surface area contributed by atoms with E-state index in [1.165, 1.54) is 26.8 Å². The highest BCUT2D eigenvalue weighted by Crippen LogP contribution is 2.19. The lowest BCUT2D eigenvalue weighted by atomic mass is 10.1. The third-order valence-corrected chi connectivity index (χ3v) is 4.47. The predicted octanol–water partition coefficient (Wildman–Crippen LogP) is 0.190. The number of carbonyl (C=O) groups excluding carboxylic acids is 1. The molecule has 0 radical (unpaired) electrons. The maximum absolute atomic E-state index is 12.3. The maximum Gasteiger partial charge on any atom is 0.271 e. The van der Waals surface area contributed by atoms with Crippen LogP contribution < -0.4 is 5.56 Å². The van der Waals surface area contributed by atoms with Crippen molar-refractivity contribution < 1.29 is 9.90 Å². The summed E-state index contributed by atoms with van der Waals surface area (Å²) in [7, 11) is 0. The van der Waals surface area contributed by atoms with Crippen LogP contribution in [0.1, 0.15) is 20.9 Å². The maximum atomic E-state index is 12.3. The van der Waals surface area contributed by atoms with Crippen LogP contribution in [0.15, 0.2) is 11.0 Å². The minimum atomic E-state index is -0.478. The lowest BCUT2D eigenvalue weighted by Crippen LogP contribution is -2.54. The summed E-state index contributed by atoms with van der Waals surface area (Å²) >= 11 is 1.43. The average molecular weight is 279 g/mol. The molecule has 1 N–H and O–H groups in total. The molecule has 1 saturated heterocycles. The zero-order chi connectivity index (χ0) is 13.7. The van der Waals surface area contributed by atoms with Crippen molar-refractivity contribution in [2.75, 3.05) is 13.1 Å². The highest BCUT2D eigenvalue weighted by molar-refractivity contribution is 7.17. The molecular formula is C12H13N3O3S. The predicted molar refractivity (Wildman–Crippen MR) is 70.7 cm³/mol. The minimum absolute atomic E-state index is 0.0605. The van der Waals surface area contributed by atoms with Gasteiger partial charge < -0.3 is 10.0 Å². The van der Waals surface area contributed by atoms with Gasteiger partial charge in [0.2, 0.25) is 0 Å². The van der Waals surface area contributed by atoms with Crippen molar-refractivity contribution in [2.45, 2.75) is 20.0 Å². The van der Waals surface area contributed by atoms with Crippen molar-refractivity contribution in [3.05, 3.63) is 32.7 Å². The molecule has 0 saturated carbocycles. The molecule has 0 aliphatic carbocycles. The molecule has 6 nitrogen and oxygen atoms in total. The molecule has 1 aliphatic heterocycles. The number of likely N-dealkylation sites (tertiary alicyclic amines) is 1. The highest BCUT2D eigenvalue weighted by Gasteiger charge is 2.31. The molecule has 0 spiro atoms. The number of rotatable bonds is 1. The van der Waals surface area contributed by atoms with Gasteiger partial charge in [0.1, 0.15) is 5.56 Å². The van der Waals surface area contributed by atoms with E-state index in [9.17, 15) is 14.7 Å². The standard InChI is InChI=1S/C12H13N3O3S/c1-6-7(2)19-12-13-3-9(11(18)15(6)12)10(17)14-4-8(16)5-14/h3,8,16H,4-5H2,1-2H3. The van der Waals surface area contributed by atoms with E-state index in [0.29, 0.717) is 4.96 Å². The number of amides is 1. The van der Waals surface area contributed by atoms with E-state index in [1.54, 1.807) is 0 Å². The number of hydrogen-bond donors (Lipinski definition) is 1. The number of aromatic nitrogens is 2. The molecule has 0 atom stereocenters. The van der Waals surface area contributed by atoms with Gasteiger partial charge >= 0.3 is 0 Å². The fraction of sp³-hybridized carbons (Fsp3) is 0.417. The van der Waals surface area contributed by atoms with Crippen LogP contribution in [0.3, 0.4) is 0 Å². The molecule has 0 unspecified atom stereocenters. The molecular weight excluding hydrogens is 266 g/mol. The zero-order valence-electron chi connectivity index (χ0n) is 10.6. The number of nitrogens with zero attached hydrogens (tertiary/aromatic N) is 3. The third kappa shape index (κ3) is 1.77. The molecule has 0 aromatic carbocycles. The van der Waals surface area contributed by atoms with Crippen molar-refractivity contribution in [1.29, 1.82) is 0 Å². The molecule has 3 heterocycles. The molecule has 2 aromatic heterocycles. The Labute approximate surface area is 112 Å². The second-order valence-electron chi connectivity index (χ2n) is 4.70. The number of thiazole rings is 1. The summed E-state index contributed by atoms with van der Waals surface area (Å²) in [6.07, 6.45) is 0.855. The smallest absolute Gasteiger partial charge is 0.271 e. The molecule has 2 aromatic rings. The normalized spacial score (nSPS) is 15.8. The first-order valence-corrected chi connectivity index (χ1v) is 6.76. The van der Waals surface area contributed by atoms with Gasteiger partial charge in [0.15, 0.2) is 4.96 Å². The van der Waals surface area contributed by atoms with E-state index in [4.69, 9.17) is 0 Å². The third-order valence-electron chi connectivity index (χ3n) is 3.40. The first kappa shape index (κ1) is 12.3. The van der Waals surface area contributed by atoms with Gasteiger partial charge in [-0.1, -0.05) is 0 Å². The summed E-state index contributed by atoms with van der Waals surface area (Å²) in [6.45, 7) is 4.32. The molecule has 3 rings (SSSR count). The van der Waals surface area contributed by atoms with Crippen molar-refractivity contribution in [3.8, 4) is 0 Å². The quantitative estimate of drug-likeness (QED) is 0.808. The van der Waals surface area contributed by atoms with E-state index in [-0.39, 0.29) is 30.1 Å². The van der Waals surface area contributed by atoms with Crippen LogP contribution in [0.5, 0.6) is 0 Å². The Morgan fingerprint density at radius 3 is 2.79 bits per heavy atom. The van der Waals surface area contributed by atoms with Crippen LogP contribution in [0.2, 0.25) is 0 Å². The topological polar surface area (TPSA) is 74.9 Å². The fourth-order valence-corrected chi connectivity index (χ4v) is 3.04. The van der Waals surface area contributed by atoms with Gasteiger partial charge in [-0.15, -0.1) is 11.3 Å². The first-order chi connectivity index (χ1) is 8.99. The molecule has 1 aliphatic rings. The molecule has 0 bridgehead atoms. The van der Waals surface area contributed by atoms with Crippen molar-refractivity contribution in [3.63, 3.8) is 0 Å².